The zero-order valence-electron chi connectivity index (χ0n) is 14.4. The minimum atomic E-state index is -4.38. The molecule has 0 atom stereocenters. The minimum Gasteiger partial charge on any atom is -0.497 e. The molecule has 23 heavy (non-hydrogen) atoms. The third kappa shape index (κ3) is 4.91. The standard InChI is InChI=1S/C18H25F3O2/c1-6-7-8-9-16(18(19,20)21)17(2,3)13-10-14(22-4)12-15(11-13)23-5/h9-12H,6-8H2,1-5H3. The smallest absolute Gasteiger partial charge is 0.413 e. The molecule has 0 fully saturated rings. The van der Waals surface area contributed by atoms with Crippen molar-refractivity contribution >= 4 is 0 Å². The molecule has 0 saturated carbocycles. The average Bonchev–Trinajstić information content (AvgIpc) is 2.49. The fourth-order valence-electron chi connectivity index (χ4n) is 2.50. The third-order valence-corrected chi connectivity index (χ3v) is 3.96. The number of benzene rings is 1. The molecule has 0 aliphatic carbocycles. The Balaban J connectivity index is 3.36. The molecule has 0 spiro atoms. The molecule has 1 aromatic rings. The molecule has 0 saturated heterocycles. The van der Waals surface area contributed by atoms with E-state index in [1.165, 1.54) is 20.3 Å². The minimum absolute atomic E-state index is 0.413. The van der Waals surface area contributed by atoms with Gasteiger partial charge in [-0.1, -0.05) is 39.7 Å². The van der Waals surface area contributed by atoms with Gasteiger partial charge in [0.15, 0.2) is 0 Å². The number of hydrogen-bond acceptors (Lipinski definition) is 2. The summed E-state index contributed by atoms with van der Waals surface area (Å²) >= 11 is 0. The number of halogens is 3. The second-order valence-electron chi connectivity index (χ2n) is 5.98. The lowest BCUT2D eigenvalue weighted by atomic mass is 9.76. The van der Waals surface area contributed by atoms with Crippen LogP contribution in [0.25, 0.3) is 0 Å². The van der Waals surface area contributed by atoms with E-state index in [9.17, 15) is 13.2 Å². The zero-order valence-corrected chi connectivity index (χ0v) is 14.4. The number of hydrogen-bond donors (Lipinski definition) is 0. The van der Waals surface area contributed by atoms with Crippen molar-refractivity contribution in [2.24, 2.45) is 0 Å². The number of unbranched alkanes of at least 4 members (excludes halogenated alkanes) is 2. The van der Waals surface area contributed by atoms with Crippen LogP contribution in [0.15, 0.2) is 29.8 Å². The Morgan fingerprint density at radius 1 is 1.04 bits per heavy atom. The summed E-state index contributed by atoms with van der Waals surface area (Å²) in [5.74, 6) is 0.949. The monoisotopic (exact) mass is 330 g/mol. The maximum absolute atomic E-state index is 13.6. The highest BCUT2D eigenvalue weighted by Gasteiger charge is 2.43. The van der Waals surface area contributed by atoms with Crippen LogP contribution in [0.2, 0.25) is 0 Å². The molecule has 2 nitrogen and oxygen atoms in total. The van der Waals surface area contributed by atoms with Crippen LogP contribution in [0, 0.1) is 0 Å². The first-order valence-electron chi connectivity index (χ1n) is 7.68. The van der Waals surface area contributed by atoms with E-state index in [0.717, 1.165) is 12.8 Å². The molecule has 0 amide bonds. The summed E-state index contributed by atoms with van der Waals surface area (Å²) in [6, 6.07) is 4.90. The Hall–Kier alpha value is -1.65. The largest absolute Gasteiger partial charge is 0.497 e. The van der Waals surface area contributed by atoms with Gasteiger partial charge in [0.1, 0.15) is 11.5 Å². The lowest BCUT2D eigenvalue weighted by molar-refractivity contribution is -0.100. The van der Waals surface area contributed by atoms with Crippen LogP contribution in [0.3, 0.4) is 0 Å². The summed E-state index contributed by atoms with van der Waals surface area (Å²) in [4.78, 5) is 0. The average molecular weight is 330 g/mol. The molecule has 0 bridgehead atoms. The van der Waals surface area contributed by atoms with Gasteiger partial charge in [0.05, 0.1) is 14.2 Å². The molecule has 0 unspecified atom stereocenters. The molecule has 130 valence electrons. The molecular formula is C18H25F3O2. The molecule has 0 aromatic heterocycles. The molecule has 0 N–H and O–H groups in total. The molecule has 1 aromatic carbocycles. The van der Waals surface area contributed by atoms with Gasteiger partial charge in [0, 0.05) is 17.1 Å². The topological polar surface area (TPSA) is 18.5 Å². The van der Waals surface area contributed by atoms with Crippen LogP contribution in [0.4, 0.5) is 13.2 Å². The predicted molar refractivity (Wildman–Crippen MR) is 86.2 cm³/mol. The maximum atomic E-state index is 13.6. The second kappa shape index (κ2) is 7.75. The van der Waals surface area contributed by atoms with Crippen molar-refractivity contribution in [2.75, 3.05) is 14.2 Å². The number of methoxy groups -OCH3 is 2. The van der Waals surface area contributed by atoms with Gasteiger partial charge in [-0.05, 0) is 24.1 Å². The number of ether oxygens (including phenoxy) is 2. The predicted octanol–water partition coefficient (Wildman–Crippen LogP) is 5.66. The lowest BCUT2D eigenvalue weighted by Crippen LogP contribution is -2.30. The van der Waals surface area contributed by atoms with E-state index in [1.807, 2.05) is 6.92 Å². The summed E-state index contributed by atoms with van der Waals surface area (Å²) in [5, 5.41) is 0. The highest BCUT2D eigenvalue weighted by atomic mass is 19.4. The van der Waals surface area contributed by atoms with Crippen LogP contribution in [0.1, 0.15) is 45.6 Å². The van der Waals surface area contributed by atoms with Crippen LogP contribution in [-0.2, 0) is 5.41 Å². The number of alkyl halides is 3. The van der Waals surface area contributed by atoms with Gasteiger partial charge in [-0.15, -0.1) is 0 Å². The van der Waals surface area contributed by atoms with Crippen molar-refractivity contribution in [3.8, 4) is 11.5 Å². The van der Waals surface area contributed by atoms with Crippen molar-refractivity contribution in [1.29, 1.82) is 0 Å². The first-order chi connectivity index (χ1) is 10.7. The summed E-state index contributed by atoms with van der Waals surface area (Å²) in [6.07, 6.45) is -1.06. The van der Waals surface area contributed by atoms with E-state index in [0.29, 0.717) is 23.5 Å². The molecule has 0 aliphatic rings. The van der Waals surface area contributed by atoms with Gasteiger partial charge in [0.25, 0.3) is 0 Å². The summed E-state index contributed by atoms with van der Waals surface area (Å²) in [7, 11) is 2.96. The first kappa shape index (κ1) is 19.4. The molecule has 1 rings (SSSR count). The fraction of sp³-hybridized carbons (Fsp3) is 0.556. The summed E-state index contributed by atoms with van der Waals surface area (Å²) in [6.45, 7) is 5.11. The maximum Gasteiger partial charge on any atom is 0.413 e. The fourth-order valence-corrected chi connectivity index (χ4v) is 2.50. The molecule has 0 heterocycles. The lowest BCUT2D eigenvalue weighted by Gasteiger charge is -2.31. The summed E-state index contributed by atoms with van der Waals surface area (Å²) < 4.78 is 51.0. The third-order valence-electron chi connectivity index (χ3n) is 3.96. The zero-order chi connectivity index (χ0) is 17.7. The Kier molecular flexibility index (Phi) is 6.54. The van der Waals surface area contributed by atoms with E-state index in [1.54, 1.807) is 32.0 Å². The van der Waals surface area contributed by atoms with Crippen molar-refractivity contribution in [1.82, 2.24) is 0 Å². The van der Waals surface area contributed by atoms with E-state index < -0.39 is 17.2 Å². The highest BCUT2D eigenvalue weighted by Crippen LogP contribution is 2.43. The van der Waals surface area contributed by atoms with E-state index in [4.69, 9.17) is 9.47 Å². The highest BCUT2D eigenvalue weighted by molar-refractivity contribution is 5.46. The SMILES string of the molecule is CCCCC=C(C(F)(F)F)C(C)(C)c1cc(OC)cc(OC)c1. The molecule has 0 radical (unpaired) electrons. The van der Waals surface area contributed by atoms with Crippen LogP contribution < -0.4 is 9.47 Å². The van der Waals surface area contributed by atoms with Gasteiger partial charge in [-0.2, -0.15) is 13.2 Å². The van der Waals surface area contributed by atoms with Crippen molar-refractivity contribution < 1.29 is 22.6 Å². The van der Waals surface area contributed by atoms with Crippen molar-refractivity contribution in [2.45, 2.75) is 51.6 Å². The van der Waals surface area contributed by atoms with Crippen LogP contribution >= 0.6 is 0 Å². The van der Waals surface area contributed by atoms with E-state index in [-0.39, 0.29) is 0 Å². The van der Waals surface area contributed by atoms with Gasteiger partial charge < -0.3 is 9.47 Å². The second-order valence-corrected chi connectivity index (χ2v) is 5.98. The molecule has 0 aliphatic heterocycles. The Labute approximate surface area is 136 Å². The summed E-state index contributed by atoms with van der Waals surface area (Å²) in [5.41, 5.74) is -1.23. The quantitative estimate of drug-likeness (QED) is 0.474. The molecule has 5 heteroatoms. The Bertz CT molecular complexity index is 523. The molecular weight excluding hydrogens is 305 g/mol. The Morgan fingerprint density at radius 3 is 1.96 bits per heavy atom. The van der Waals surface area contributed by atoms with E-state index in [2.05, 4.69) is 0 Å². The number of rotatable bonds is 7. The van der Waals surface area contributed by atoms with Gasteiger partial charge >= 0.3 is 6.18 Å². The van der Waals surface area contributed by atoms with Crippen LogP contribution in [0.5, 0.6) is 11.5 Å². The van der Waals surface area contributed by atoms with E-state index >= 15 is 0 Å². The number of allylic oxidation sites excluding steroid dienone is 2. The normalized spacial score (nSPS) is 13.1. The van der Waals surface area contributed by atoms with Gasteiger partial charge in [-0.3, -0.25) is 0 Å². The van der Waals surface area contributed by atoms with Crippen LogP contribution in [-0.4, -0.2) is 20.4 Å². The van der Waals surface area contributed by atoms with Gasteiger partial charge in [0.2, 0.25) is 0 Å². The van der Waals surface area contributed by atoms with Crippen molar-refractivity contribution in [3.63, 3.8) is 0 Å². The first-order valence-corrected chi connectivity index (χ1v) is 7.68. The Morgan fingerprint density at radius 2 is 1.57 bits per heavy atom. The van der Waals surface area contributed by atoms with Gasteiger partial charge in [-0.25, -0.2) is 0 Å². The van der Waals surface area contributed by atoms with Crippen molar-refractivity contribution in [3.05, 3.63) is 35.4 Å².